The first-order chi connectivity index (χ1) is 9.10. The van der Waals surface area contributed by atoms with Crippen LogP contribution in [0.3, 0.4) is 0 Å². The smallest absolute Gasteiger partial charge is 0.323 e. The molecule has 0 radical (unpaired) electrons. The molecular weight excluding hydrogens is 242 g/mol. The molecule has 4 heteroatoms. The molecule has 0 aliphatic heterocycles. The van der Waals surface area contributed by atoms with Crippen LogP contribution >= 0.6 is 0 Å². The standard InChI is InChI=1S/C15H29NO3/c1-11(2)13(10-18-3)16-14(15(17)19-4)12-8-6-5-7-9-12/h11-14,16H,5-10H2,1-4H3/t13-,14+/m1/s1. The fraction of sp³-hybridized carbons (Fsp3) is 0.933. The average molecular weight is 271 g/mol. The zero-order valence-electron chi connectivity index (χ0n) is 12.8. The molecule has 1 saturated carbocycles. The fourth-order valence-electron chi connectivity index (χ4n) is 2.83. The van der Waals surface area contributed by atoms with E-state index in [2.05, 4.69) is 19.2 Å². The molecule has 0 aromatic rings. The SMILES string of the molecule is COC[C@@H](N[C@H](C(=O)OC)C1CCCCC1)C(C)C. The van der Waals surface area contributed by atoms with Gasteiger partial charge in [-0.25, -0.2) is 0 Å². The first kappa shape index (κ1) is 16.4. The van der Waals surface area contributed by atoms with Gasteiger partial charge in [0.15, 0.2) is 0 Å². The predicted octanol–water partition coefficient (Wildman–Crippen LogP) is 2.37. The zero-order chi connectivity index (χ0) is 14.3. The summed E-state index contributed by atoms with van der Waals surface area (Å²) in [6.45, 7) is 4.91. The van der Waals surface area contributed by atoms with Gasteiger partial charge in [-0.2, -0.15) is 0 Å². The Morgan fingerprint density at radius 2 is 1.84 bits per heavy atom. The van der Waals surface area contributed by atoms with E-state index in [4.69, 9.17) is 9.47 Å². The Kier molecular flexibility index (Phi) is 7.39. The summed E-state index contributed by atoms with van der Waals surface area (Å²) in [7, 11) is 3.17. The lowest BCUT2D eigenvalue weighted by atomic mass is 9.83. The van der Waals surface area contributed by atoms with E-state index in [0.717, 1.165) is 12.8 Å². The van der Waals surface area contributed by atoms with E-state index in [9.17, 15) is 4.79 Å². The molecule has 1 rings (SSSR count). The molecule has 4 nitrogen and oxygen atoms in total. The Morgan fingerprint density at radius 1 is 1.21 bits per heavy atom. The van der Waals surface area contributed by atoms with Crippen molar-refractivity contribution >= 4 is 5.97 Å². The van der Waals surface area contributed by atoms with E-state index in [-0.39, 0.29) is 18.1 Å². The molecule has 0 aromatic heterocycles. The van der Waals surface area contributed by atoms with E-state index < -0.39 is 0 Å². The topological polar surface area (TPSA) is 47.6 Å². The molecular formula is C15H29NO3. The van der Waals surface area contributed by atoms with Crippen molar-refractivity contribution in [1.82, 2.24) is 5.32 Å². The second-order valence-electron chi connectivity index (χ2n) is 5.87. The van der Waals surface area contributed by atoms with Gasteiger partial charge < -0.3 is 9.47 Å². The van der Waals surface area contributed by atoms with Gasteiger partial charge in [-0.1, -0.05) is 33.1 Å². The van der Waals surface area contributed by atoms with Gasteiger partial charge in [0.1, 0.15) is 6.04 Å². The normalized spacial score (nSPS) is 20.3. The molecule has 0 unspecified atom stereocenters. The maximum absolute atomic E-state index is 12.0. The highest BCUT2D eigenvalue weighted by atomic mass is 16.5. The van der Waals surface area contributed by atoms with Crippen LogP contribution in [0.1, 0.15) is 46.0 Å². The van der Waals surface area contributed by atoms with Crippen molar-refractivity contribution in [3.05, 3.63) is 0 Å². The Hall–Kier alpha value is -0.610. The van der Waals surface area contributed by atoms with Crippen molar-refractivity contribution in [2.24, 2.45) is 11.8 Å². The number of ether oxygens (including phenoxy) is 2. The van der Waals surface area contributed by atoms with Crippen molar-refractivity contribution in [1.29, 1.82) is 0 Å². The lowest BCUT2D eigenvalue weighted by Crippen LogP contribution is -2.52. The van der Waals surface area contributed by atoms with Crippen LogP contribution in [0.5, 0.6) is 0 Å². The van der Waals surface area contributed by atoms with E-state index in [1.165, 1.54) is 26.4 Å². The van der Waals surface area contributed by atoms with Gasteiger partial charge >= 0.3 is 5.97 Å². The number of nitrogens with one attached hydrogen (secondary N) is 1. The molecule has 0 amide bonds. The lowest BCUT2D eigenvalue weighted by molar-refractivity contribution is -0.145. The van der Waals surface area contributed by atoms with Crippen LogP contribution < -0.4 is 5.32 Å². The lowest BCUT2D eigenvalue weighted by Gasteiger charge is -2.33. The highest BCUT2D eigenvalue weighted by Crippen LogP contribution is 2.27. The largest absolute Gasteiger partial charge is 0.468 e. The molecule has 19 heavy (non-hydrogen) atoms. The van der Waals surface area contributed by atoms with Gasteiger partial charge in [0.25, 0.3) is 0 Å². The first-order valence-electron chi connectivity index (χ1n) is 7.43. The van der Waals surface area contributed by atoms with Crippen LogP contribution in [0, 0.1) is 11.8 Å². The van der Waals surface area contributed by atoms with Crippen molar-refractivity contribution in [3.8, 4) is 0 Å². The van der Waals surface area contributed by atoms with Crippen LogP contribution in [0.2, 0.25) is 0 Å². The Balaban J connectivity index is 2.69. The first-order valence-corrected chi connectivity index (χ1v) is 7.43. The molecule has 0 spiro atoms. The Bertz CT molecular complexity index is 262. The Labute approximate surface area is 117 Å². The number of carbonyl (C=O) groups excluding carboxylic acids is 1. The number of carbonyl (C=O) groups is 1. The molecule has 1 N–H and O–H groups in total. The number of rotatable bonds is 7. The van der Waals surface area contributed by atoms with Gasteiger partial charge in [-0.05, 0) is 24.7 Å². The summed E-state index contributed by atoms with van der Waals surface area (Å²) >= 11 is 0. The van der Waals surface area contributed by atoms with Crippen molar-refractivity contribution in [3.63, 3.8) is 0 Å². The van der Waals surface area contributed by atoms with Crippen LogP contribution in [-0.2, 0) is 14.3 Å². The highest BCUT2D eigenvalue weighted by Gasteiger charge is 2.32. The Morgan fingerprint density at radius 3 is 2.32 bits per heavy atom. The van der Waals surface area contributed by atoms with Crippen LogP contribution in [0.15, 0.2) is 0 Å². The number of hydrogen-bond acceptors (Lipinski definition) is 4. The second-order valence-corrected chi connectivity index (χ2v) is 5.87. The minimum Gasteiger partial charge on any atom is -0.468 e. The number of methoxy groups -OCH3 is 2. The molecule has 2 atom stereocenters. The van der Waals surface area contributed by atoms with Crippen molar-refractivity contribution in [2.75, 3.05) is 20.8 Å². The molecule has 1 aliphatic rings. The summed E-state index contributed by atoms with van der Waals surface area (Å²) in [6, 6.07) is 0.00359. The molecule has 0 aromatic carbocycles. The molecule has 0 heterocycles. The van der Waals surface area contributed by atoms with Gasteiger partial charge in [-0.15, -0.1) is 0 Å². The molecule has 1 aliphatic carbocycles. The highest BCUT2D eigenvalue weighted by molar-refractivity contribution is 5.76. The van der Waals surface area contributed by atoms with E-state index in [1.807, 2.05) is 0 Å². The third-order valence-electron chi connectivity index (χ3n) is 4.12. The maximum atomic E-state index is 12.0. The third-order valence-corrected chi connectivity index (χ3v) is 4.12. The molecule has 112 valence electrons. The van der Waals surface area contributed by atoms with Gasteiger partial charge in [0.2, 0.25) is 0 Å². The van der Waals surface area contributed by atoms with Crippen molar-refractivity contribution < 1.29 is 14.3 Å². The maximum Gasteiger partial charge on any atom is 0.323 e. The van der Waals surface area contributed by atoms with E-state index in [0.29, 0.717) is 18.4 Å². The summed E-state index contributed by atoms with van der Waals surface area (Å²) in [5.41, 5.74) is 0. The van der Waals surface area contributed by atoms with Crippen LogP contribution in [0.4, 0.5) is 0 Å². The van der Waals surface area contributed by atoms with Gasteiger partial charge in [0, 0.05) is 13.2 Å². The minimum absolute atomic E-state index is 0.131. The van der Waals surface area contributed by atoms with E-state index >= 15 is 0 Å². The summed E-state index contributed by atoms with van der Waals surface area (Å²) in [4.78, 5) is 12.0. The average Bonchev–Trinajstić information content (AvgIpc) is 2.43. The minimum atomic E-state index is -0.187. The zero-order valence-corrected chi connectivity index (χ0v) is 12.8. The summed E-state index contributed by atoms with van der Waals surface area (Å²) < 4.78 is 10.2. The van der Waals surface area contributed by atoms with Crippen LogP contribution in [-0.4, -0.2) is 38.9 Å². The molecule has 1 fully saturated rings. The predicted molar refractivity (Wildman–Crippen MR) is 76.0 cm³/mol. The number of esters is 1. The van der Waals surface area contributed by atoms with Crippen LogP contribution in [0.25, 0.3) is 0 Å². The quantitative estimate of drug-likeness (QED) is 0.722. The van der Waals surface area contributed by atoms with E-state index in [1.54, 1.807) is 7.11 Å². The summed E-state index contributed by atoms with van der Waals surface area (Å²) in [5.74, 6) is 0.698. The molecule has 0 bridgehead atoms. The fourth-order valence-corrected chi connectivity index (χ4v) is 2.83. The number of hydrogen-bond donors (Lipinski definition) is 1. The monoisotopic (exact) mass is 271 g/mol. The van der Waals surface area contributed by atoms with Gasteiger partial charge in [0.05, 0.1) is 13.7 Å². The van der Waals surface area contributed by atoms with Gasteiger partial charge in [-0.3, -0.25) is 10.1 Å². The molecule has 0 saturated heterocycles. The summed E-state index contributed by atoms with van der Waals surface area (Å²) in [6.07, 6.45) is 5.96. The summed E-state index contributed by atoms with van der Waals surface area (Å²) in [5, 5.41) is 3.48. The van der Waals surface area contributed by atoms with Crippen molar-refractivity contribution in [2.45, 2.75) is 58.0 Å². The third kappa shape index (κ3) is 5.11. The second kappa shape index (κ2) is 8.54.